The maximum absolute atomic E-state index is 9.30. The number of benzene rings is 1. The average molecular weight is 221 g/mol. The molecule has 1 aromatic carbocycles. The third-order valence-corrected chi connectivity index (χ3v) is 3.40. The van der Waals surface area contributed by atoms with Gasteiger partial charge in [0.25, 0.3) is 0 Å². The van der Waals surface area contributed by atoms with Crippen LogP contribution in [0.3, 0.4) is 0 Å². The molecule has 3 heteroatoms. The van der Waals surface area contributed by atoms with Crippen molar-refractivity contribution in [2.45, 2.75) is 31.5 Å². The Balaban J connectivity index is 2.06. The molecule has 0 bridgehead atoms. The van der Waals surface area contributed by atoms with Crippen LogP contribution in [0.25, 0.3) is 0 Å². The monoisotopic (exact) mass is 221 g/mol. The quantitative estimate of drug-likeness (QED) is 0.797. The van der Waals surface area contributed by atoms with Gasteiger partial charge in [-0.15, -0.1) is 0 Å². The highest BCUT2D eigenvalue weighted by Crippen LogP contribution is 2.25. The van der Waals surface area contributed by atoms with Crippen molar-refractivity contribution in [1.82, 2.24) is 4.90 Å². The molecule has 0 amide bonds. The van der Waals surface area contributed by atoms with Gasteiger partial charge in [-0.05, 0) is 18.4 Å². The first-order valence-electron chi connectivity index (χ1n) is 5.86. The summed E-state index contributed by atoms with van der Waals surface area (Å²) in [6, 6.07) is 10.6. The minimum absolute atomic E-state index is 0.184. The Kier molecular flexibility index (Phi) is 3.93. The highest BCUT2D eigenvalue weighted by Gasteiger charge is 2.32. The molecule has 0 radical (unpaired) electrons. The maximum atomic E-state index is 9.30. The summed E-state index contributed by atoms with van der Waals surface area (Å²) < 4.78 is 0. The van der Waals surface area contributed by atoms with Crippen LogP contribution in [0.4, 0.5) is 0 Å². The van der Waals surface area contributed by atoms with Gasteiger partial charge in [-0.2, -0.15) is 0 Å². The molecule has 1 aliphatic heterocycles. The number of likely N-dealkylation sites (tertiary alicyclic amines) is 1. The zero-order valence-electron chi connectivity index (χ0n) is 9.42. The molecule has 0 aromatic heterocycles. The third kappa shape index (κ3) is 2.43. The number of hydrogen-bond acceptors (Lipinski definition) is 3. The number of hydrogen-bond donors (Lipinski definition) is 2. The molecule has 2 rings (SSSR count). The minimum Gasteiger partial charge on any atom is -0.395 e. The normalized spacial score (nSPS) is 26.1. The lowest BCUT2D eigenvalue weighted by molar-refractivity contribution is 0.0903. The van der Waals surface area contributed by atoms with E-state index in [0.717, 1.165) is 19.4 Å². The van der Waals surface area contributed by atoms with Crippen LogP contribution in [0.1, 0.15) is 18.4 Å². The molecule has 1 heterocycles. The summed E-state index contributed by atoms with van der Waals surface area (Å²) in [5.74, 6) is 0. The number of aliphatic hydroxyl groups excluding tert-OH is 2. The Morgan fingerprint density at radius 1 is 1.00 bits per heavy atom. The van der Waals surface area contributed by atoms with Gasteiger partial charge in [-0.25, -0.2) is 0 Å². The second kappa shape index (κ2) is 5.43. The van der Waals surface area contributed by atoms with Crippen LogP contribution in [-0.2, 0) is 6.54 Å². The van der Waals surface area contributed by atoms with E-state index in [0.29, 0.717) is 0 Å². The van der Waals surface area contributed by atoms with Gasteiger partial charge in [0.15, 0.2) is 0 Å². The van der Waals surface area contributed by atoms with Crippen molar-refractivity contribution in [3.8, 4) is 0 Å². The molecule has 1 aromatic rings. The largest absolute Gasteiger partial charge is 0.395 e. The SMILES string of the molecule is OC[C@@H]1CC[C@H](CO)N1Cc1ccccc1. The smallest absolute Gasteiger partial charge is 0.0587 e. The Morgan fingerprint density at radius 3 is 2.06 bits per heavy atom. The molecule has 1 saturated heterocycles. The molecule has 2 atom stereocenters. The van der Waals surface area contributed by atoms with Gasteiger partial charge in [0, 0.05) is 18.6 Å². The summed E-state index contributed by atoms with van der Waals surface area (Å²) in [6.07, 6.45) is 1.96. The molecular weight excluding hydrogens is 202 g/mol. The first-order valence-corrected chi connectivity index (χ1v) is 5.86. The van der Waals surface area contributed by atoms with E-state index in [-0.39, 0.29) is 25.3 Å². The highest BCUT2D eigenvalue weighted by atomic mass is 16.3. The Hall–Kier alpha value is -0.900. The van der Waals surface area contributed by atoms with Crippen LogP contribution in [0.2, 0.25) is 0 Å². The van der Waals surface area contributed by atoms with E-state index < -0.39 is 0 Å². The summed E-state index contributed by atoms with van der Waals surface area (Å²) in [7, 11) is 0. The molecule has 88 valence electrons. The molecule has 0 spiro atoms. The van der Waals surface area contributed by atoms with Crippen molar-refractivity contribution in [3.63, 3.8) is 0 Å². The van der Waals surface area contributed by atoms with Crippen molar-refractivity contribution in [2.75, 3.05) is 13.2 Å². The van der Waals surface area contributed by atoms with E-state index >= 15 is 0 Å². The molecule has 0 aliphatic carbocycles. The van der Waals surface area contributed by atoms with Crippen molar-refractivity contribution >= 4 is 0 Å². The number of aliphatic hydroxyl groups is 2. The highest BCUT2D eigenvalue weighted by molar-refractivity contribution is 5.15. The minimum atomic E-state index is 0.184. The summed E-state index contributed by atoms with van der Waals surface area (Å²) in [4.78, 5) is 2.22. The molecular formula is C13H19NO2. The van der Waals surface area contributed by atoms with E-state index in [1.54, 1.807) is 0 Å². The Labute approximate surface area is 96.3 Å². The van der Waals surface area contributed by atoms with Crippen LogP contribution in [-0.4, -0.2) is 40.4 Å². The lowest BCUT2D eigenvalue weighted by Crippen LogP contribution is -2.39. The van der Waals surface area contributed by atoms with Gasteiger partial charge in [-0.1, -0.05) is 30.3 Å². The van der Waals surface area contributed by atoms with Crippen LogP contribution in [0.5, 0.6) is 0 Å². The lowest BCUT2D eigenvalue weighted by Gasteiger charge is -2.28. The molecule has 2 N–H and O–H groups in total. The van der Waals surface area contributed by atoms with E-state index in [1.807, 2.05) is 18.2 Å². The average Bonchev–Trinajstić information content (AvgIpc) is 2.72. The fraction of sp³-hybridized carbons (Fsp3) is 0.538. The van der Waals surface area contributed by atoms with E-state index in [9.17, 15) is 10.2 Å². The fourth-order valence-electron chi connectivity index (χ4n) is 2.46. The molecule has 16 heavy (non-hydrogen) atoms. The van der Waals surface area contributed by atoms with Crippen LogP contribution < -0.4 is 0 Å². The molecule has 1 fully saturated rings. The van der Waals surface area contributed by atoms with Crippen molar-refractivity contribution in [3.05, 3.63) is 35.9 Å². The van der Waals surface area contributed by atoms with Gasteiger partial charge in [0.05, 0.1) is 13.2 Å². The van der Waals surface area contributed by atoms with E-state index in [2.05, 4.69) is 17.0 Å². The summed E-state index contributed by atoms with van der Waals surface area (Å²) in [5.41, 5.74) is 1.24. The standard InChI is InChI=1S/C13H19NO2/c15-9-12-6-7-13(10-16)14(12)8-11-4-2-1-3-5-11/h1-5,12-13,15-16H,6-10H2/t12-,13+. The first kappa shape index (κ1) is 11.6. The maximum Gasteiger partial charge on any atom is 0.0587 e. The molecule has 3 nitrogen and oxygen atoms in total. The van der Waals surface area contributed by atoms with Gasteiger partial charge in [0.2, 0.25) is 0 Å². The van der Waals surface area contributed by atoms with Gasteiger partial charge < -0.3 is 10.2 Å². The summed E-state index contributed by atoms with van der Waals surface area (Å²) >= 11 is 0. The molecule has 1 aliphatic rings. The van der Waals surface area contributed by atoms with Crippen molar-refractivity contribution in [2.24, 2.45) is 0 Å². The molecule has 0 unspecified atom stereocenters. The van der Waals surface area contributed by atoms with Gasteiger partial charge in [-0.3, -0.25) is 4.90 Å². The number of nitrogens with zero attached hydrogens (tertiary/aromatic N) is 1. The molecule has 0 saturated carbocycles. The predicted molar refractivity (Wildman–Crippen MR) is 63.0 cm³/mol. The van der Waals surface area contributed by atoms with E-state index in [1.165, 1.54) is 5.56 Å². The summed E-state index contributed by atoms with van der Waals surface area (Å²) in [6.45, 7) is 1.18. The topological polar surface area (TPSA) is 43.7 Å². The predicted octanol–water partition coefficient (Wildman–Crippen LogP) is 1.00. The van der Waals surface area contributed by atoms with Crippen LogP contribution in [0, 0.1) is 0 Å². The van der Waals surface area contributed by atoms with E-state index in [4.69, 9.17) is 0 Å². The zero-order chi connectivity index (χ0) is 11.4. The first-order chi connectivity index (χ1) is 7.85. The van der Waals surface area contributed by atoms with Crippen molar-refractivity contribution in [1.29, 1.82) is 0 Å². The fourth-order valence-corrected chi connectivity index (χ4v) is 2.46. The van der Waals surface area contributed by atoms with Crippen LogP contribution in [0.15, 0.2) is 30.3 Å². The van der Waals surface area contributed by atoms with Gasteiger partial charge >= 0.3 is 0 Å². The number of rotatable bonds is 4. The Morgan fingerprint density at radius 2 is 1.56 bits per heavy atom. The Bertz CT molecular complexity index is 303. The zero-order valence-corrected chi connectivity index (χ0v) is 9.42. The lowest BCUT2D eigenvalue weighted by atomic mass is 10.2. The second-order valence-corrected chi connectivity index (χ2v) is 4.41. The van der Waals surface area contributed by atoms with Crippen molar-refractivity contribution < 1.29 is 10.2 Å². The summed E-state index contributed by atoms with van der Waals surface area (Å²) in [5, 5.41) is 18.6. The van der Waals surface area contributed by atoms with Gasteiger partial charge in [0.1, 0.15) is 0 Å². The second-order valence-electron chi connectivity index (χ2n) is 4.41. The third-order valence-electron chi connectivity index (χ3n) is 3.40. The van der Waals surface area contributed by atoms with Crippen LogP contribution >= 0.6 is 0 Å².